The first-order valence-corrected chi connectivity index (χ1v) is 10.7. The summed E-state index contributed by atoms with van der Waals surface area (Å²) in [6.45, 7) is 6.34. The molecule has 32 heavy (non-hydrogen) atoms. The van der Waals surface area contributed by atoms with Gasteiger partial charge in [-0.15, -0.1) is 0 Å². The molecule has 170 valence electrons. The van der Waals surface area contributed by atoms with E-state index in [0.717, 1.165) is 12.1 Å². The number of aryl methyl sites for hydroxylation is 1. The zero-order valence-electron chi connectivity index (χ0n) is 19.2. The van der Waals surface area contributed by atoms with Crippen LogP contribution in [0.1, 0.15) is 31.9 Å². The molecule has 0 spiro atoms. The van der Waals surface area contributed by atoms with Crippen molar-refractivity contribution in [1.82, 2.24) is 4.90 Å². The van der Waals surface area contributed by atoms with Gasteiger partial charge < -0.3 is 19.5 Å². The van der Waals surface area contributed by atoms with Gasteiger partial charge in [0.2, 0.25) is 0 Å². The molecule has 7 nitrogen and oxygen atoms in total. The molecule has 1 aliphatic rings. The Morgan fingerprint density at radius 1 is 0.938 bits per heavy atom. The number of nitrogens with one attached hydrogen (secondary N) is 1. The predicted octanol–water partition coefficient (Wildman–Crippen LogP) is 3.88. The fourth-order valence-corrected chi connectivity index (χ4v) is 3.50. The van der Waals surface area contributed by atoms with Gasteiger partial charge in [-0.05, 0) is 55.7 Å². The summed E-state index contributed by atoms with van der Waals surface area (Å²) >= 11 is 0. The van der Waals surface area contributed by atoms with Gasteiger partial charge in [-0.25, -0.2) is 0 Å². The summed E-state index contributed by atoms with van der Waals surface area (Å²) in [5, 5.41) is 3.17. The molecule has 3 rings (SSSR count). The number of anilines is 1. The molecule has 0 radical (unpaired) electrons. The summed E-state index contributed by atoms with van der Waals surface area (Å²) in [5.41, 5.74) is 3.01. The summed E-state index contributed by atoms with van der Waals surface area (Å²) in [6, 6.07) is 13.0. The van der Waals surface area contributed by atoms with Crippen molar-refractivity contribution >= 4 is 23.1 Å². The number of nitrogens with zero attached hydrogens (tertiary/aromatic N) is 1. The van der Waals surface area contributed by atoms with Crippen LogP contribution < -0.4 is 14.8 Å². The van der Waals surface area contributed by atoms with Crippen molar-refractivity contribution in [2.24, 2.45) is 0 Å². The monoisotopic (exact) mass is 438 g/mol. The summed E-state index contributed by atoms with van der Waals surface area (Å²) in [4.78, 5) is 27.8. The lowest BCUT2D eigenvalue weighted by atomic mass is 10.0. The molecule has 2 aromatic carbocycles. The van der Waals surface area contributed by atoms with Gasteiger partial charge in [-0.2, -0.15) is 0 Å². The maximum atomic E-state index is 13.3. The average Bonchev–Trinajstić information content (AvgIpc) is 3.03. The Morgan fingerprint density at radius 3 is 2.22 bits per heavy atom. The highest BCUT2D eigenvalue weighted by atomic mass is 16.5. The summed E-state index contributed by atoms with van der Waals surface area (Å²) < 4.78 is 16.3. The van der Waals surface area contributed by atoms with E-state index >= 15 is 0 Å². The highest BCUT2D eigenvalue weighted by Gasteiger charge is 2.39. The van der Waals surface area contributed by atoms with Gasteiger partial charge in [0.25, 0.3) is 11.8 Å². The molecule has 1 N–H and O–H groups in total. The van der Waals surface area contributed by atoms with Crippen molar-refractivity contribution < 1.29 is 23.8 Å². The summed E-state index contributed by atoms with van der Waals surface area (Å²) in [7, 11) is 3.08. The lowest BCUT2D eigenvalue weighted by Gasteiger charge is -2.16. The van der Waals surface area contributed by atoms with E-state index in [4.69, 9.17) is 14.2 Å². The first-order chi connectivity index (χ1) is 15.4. The Balaban J connectivity index is 2.00. The van der Waals surface area contributed by atoms with Gasteiger partial charge in [0.1, 0.15) is 5.70 Å². The number of carbonyl (C=O) groups excluding carboxylic acids is 2. The van der Waals surface area contributed by atoms with Crippen molar-refractivity contribution in [2.75, 3.05) is 32.7 Å². The smallest absolute Gasteiger partial charge is 0.278 e. The van der Waals surface area contributed by atoms with Gasteiger partial charge >= 0.3 is 0 Å². The third-order valence-corrected chi connectivity index (χ3v) is 5.24. The van der Waals surface area contributed by atoms with Crippen LogP contribution in [0.4, 0.5) is 5.69 Å². The number of benzene rings is 2. The molecule has 0 fully saturated rings. The molecule has 1 heterocycles. The van der Waals surface area contributed by atoms with Crippen LogP contribution in [0.25, 0.3) is 5.57 Å². The van der Waals surface area contributed by atoms with Gasteiger partial charge in [0.05, 0.1) is 39.0 Å². The molecule has 0 saturated heterocycles. The van der Waals surface area contributed by atoms with E-state index in [1.165, 1.54) is 17.6 Å². The number of hydrogen-bond acceptors (Lipinski definition) is 6. The van der Waals surface area contributed by atoms with E-state index in [1.807, 2.05) is 38.1 Å². The standard InChI is InChI=1S/C25H30N2O5/c1-6-17-7-10-19(11-8-17)26-23-22(18-9-12-20(30-4)21(15-18)31-5)24(28)27(25(23)29)13-14-32-16(2)3/h7-12,15-16,26H,6,13-14H2,1-5H3. The SMILES string of the molecule is CCc1ccc(NC2=C(c3ccc(OC)c(OC)c3)C(=O)N(CCOC(C)C)C2=O)cc1. The first kappa shape index (κ1) is 23.3. The number of imide groups is 1. The van der Waals surface area contributed by atoms with E-state index in [0.29, 0.717) is 22.6 Å². The second-order valence-electron chi connectivity index (χ2n) is 7.68. The second kappa shape index (κ2) is 10.3. The Bertz CT molecular complexity index is 1010. The van der Waals surface area contributed by atoms with Crippen molar-refractivity contribution in [3.05, 3.63) is 59.3 Å². The minimum atomic E-state index is -0.383. The second-order valence-corrected chi connectivity index (χ2v) is 7.68. The highest BCUT2D eigenvalue weighted by Crippen LogP contribution is 2.35. The quantitative estimate of drug-likeness (QED) is 0.567. The van der Waals surface area contributed by atoms with Crippen LogP contribution in [0.15, 0.2) is 48.2 Å². The molecular formula is C25H30N2O5. The fraction of sp³-hybridized carbons (Fsp3) is 0.360. The van der Waals surface area contributed by atoms with E-state index in [9.17, 15) is 9.59 Å². The topological polar surface area (TPSA) is 77.1 Å². The van der Waals surface area contributed by atoms with Crippen LogP contribution in [0.3, 0.4) is 0 Å². The van der Waals surface area contributed by atoms with Crippen molar-refractivity contribution in [3.63, 3.8) is 0 Å². The molecular weight excluding hydrogens is 408 g/mol. The third kappa shape index (κ3) is 4.94. The molecule has 0 bridgehead atoms. The molecule has 0 aliphatic carbocycles. The van der Waals surface area contributed by atoms with Crippen LogP contribution in [0, 0.1) is 0 Å². The van der Waals surface area contributed by atoms with Crippen molar-refractivity contribution in [2.45, 2.75) is 33.3 Å². The Kier molecular flexibility index (Phi) is 7.53. The van der Waals surface area contributed by atoms with E-state index in [1.54, 1.807) is 25.3 Å². The molecule has 0 saturated carbocycles. The number of ether oxygens (including phenoxy) is 3. The number of amides is 2. The zero-order chi connectivity index (χ0) is 23.3. The molecule has 7 heteroatoms. The van der Waals surface area contributed by atoms with Crippen molar-refractivity contribution in [3.8, 4) is 11.5 Å². The van der Waals surface area contributed by atoms with Gasteiger partial charge in [0, 0.05) is 5.69 Å². The number of carbonyl (C=O) groups is 2. The Morgan fingerprint density at radius 2 is 1.62 bits per heavy atom. The van der Waals surface area contributed by atoms with Gasteiger partial charge in [-0.1, -0.05) is 25.1 Å². The lowest BCUT2D eigenvalue weighted by molar-refractivity contribution is -0.137. The zero-order valence-corrected chi connectivity index (χ0v) is 19.2. The van der Waals surface area contributed by atoms with Crippen LogP contribution in [-0.2, 0) is 20.7 Å². The predicted molar refractivity (Wildman–Crippen MR) is 124 cm³/mol. The Labute approximate surface area is 189 Å². The normalized spacial score (nSPS) is 13.9. The number of rotatable bonds is 10. The minimum Gasteiger partial charge on any atom is -0.493 e. The maximum Gasteiger partial charge on any atom is 0.278 e. The Hall–Kier alpha value is -3.32. The lowest BCUT2D eigenvalue weighted by Crippen LogP contribution is -2.35. The van der Waals surface area contributed by atoms with Crippen LogP contribution in [0.5, 0.6) is 11.5 Å². The largest absolute Gasteiger partial charge is 0.493 e. The molecule has 2 amide bonds. The van der Waals surface area contributed by atoms with Crippen LogP contribution >= 0.6 is 0 Å². The molecule has 1 aliphatic heterocycles. The molecule has 0 aromatic heterocycles. The third-order valence-electron chi connectivity index (χ3n) is 5.24. The molecule has 0 unspecified atom stereocenters. The van der Waals surface area contributed by atoms with Crippen LogP contribution in [-0.4, -0.2) is 50.2 Å². The number of hydrogen-bond donors (Lipinski definition) is 1. The fourth-order valence-electron chi connectivity index (χ4n) is 3.50. The average molecular weight is 439 g/mol. The van der Waals surface area contributed by atoms with E-state index < -0.39 is 0 Å². The summed E-state index contributed by atoms with van der Waals surface area (Å²) in [5.74, 6) is 0.264. The number of methoxy groups -OCH3 is 2. The van der Waals surface area contributed by atoms with E-state index in [2.05, 4.69) is 12.2 Å². The van der Waals surface area contributed by atoms with Crippen molar-refractivity contribution in [1.29, 1.82) is 0 Å². The first-order valence-electron chi connectivity index (χ1n) is 10.7. The van der Waals surface area contributed by atoms with Gasteiger partial charge in [-0.3, -0.25) is 14.5 Å². The highest BCUT2D eigenvalue weighted by molar-refractivity contribution is 6.36. The molecule has 2 aromatic rings. The molecule has 0 atom stereocenters. The van der Waals surface area contributed by atoms with Gasteiger partial charge in [0.15, 0.2) is 11.5 Å². The van der Waals surface area contributed by atoms with Crippen LogP contribution in [0.2, 0.25) is 0 Å². The van der Waals surface area contributed by atoms with E-state index in [-0.39, 0.29) is 36.8 Å². The summed E-state index contributed by atoms with van der Waals surface area (Å²) in [6.07, 6.45) is 0.928. The minimum absolute atomic E-state index is 0.00996. The maximum absolute atomic E-state index is 13.3.